The number of anilines is 1. The van der Waals surface area contributed by atoms with E-state index in [0.29, 0.717) is 38.2 Å². The smallest absolute Gasteiger partial charge is 0.263 e. The van der Waals surface area contributed by atoms with Crippen LogP contribution in [0.1, 0.15) is 41.3 Å². The molecule has 1 aliphatic rings. The number of amides is 2. The predicted molar refractivity (Wildman–Crippen MR) is 126 cm³/mol. The first-order chi connectivity index (χ1) is 15.9. The number of carbonyl (C=O) groups excluding carboxylic acids is 2. The quantitative estimate of drug-likeness (QED) is 0.629. The number of rotatable bonds is 6. The van der Waals surface area contributed by atoms with Gasteiger partial charge in [-0.25, -0.2) is 0 Å². The van der Waals surface area contributed by atoms with Gasteiger partial charge in [-0.2, -0.15) is 5.10 Å². The molecule has 1 saturated heterocycles. The number of aromatic nitrogens is 3. The van der Waals surface area contributed by atoms with Crippen molar-refractivity contribution in [3.05, 3.63) is 82.0 Å². The predicted octanol–water partition coefficient (Wildman–Crippen LogP) is 2.91. The molecular weight excluding hydrogens is 418 g/mol. The van der Waals surface area contributed by atoms with E-state index in [4.69, 9.17) is 0 Å². The number of piperidine rings is 1. The normalized spacial score (nSPS) is 14.3. The van der Waals surface area contributed by atoms with Crippen molar-refractivity contribution < 1.29 is 9.59 Å². The van der Waals surface area contributed by atoms with Crippen LogP contribution in [-0.4, -0.2) is 44.2 Å². The Morgan fingerprint density at radius 2 is 1.94 bits per heavy atom. The van der Waals surface area contributed by atoms with Crippen molar-refractivity contribution in [1.82, 2.24) is 19.2 Å². The van der Waals surface area contributed by atoms with E-state index < -0.39 is 0 Å². The average Bonchev–Trinajstić information content (AvgIpc) is 3.28. The number of likely N-dealkylation sites (tertiary alicyclic amines) is 1. The third-order valence-electron chi connectivity index (χ3n) is 6.06. The molecule has 8 nitrogen and oxygen atoms in total. The molecule has 0 atom stereocenters. The number of nitrogens with zero attached hydrogens (tertiary/aromatic N) is 4. The Hall–Kier alpha value is -3.68. The molecule has 1 N–H and O–H groups in total. The van der Waals surface area contributed by atoms with Crippen molar-refractivity contribution >= 4 is 17.5 Å². The second-order valence-corrected chi connectivity index (χ2v) is 8.48. The topological polar surface area (TPSA) is 89.2 Å². The van der Waals surface area contributed by atoms with Gasteiger partial charge in [0.1, 0.15) is 5.56 Å². The molecule has 2 amide bonds. The number of carbonyl (C=O) groups is 2. The lowest BCUT2D eigenvalue weighted by Gasteiger charge is -2.31. The molecule has 0 bridgehead atoms. The molecule has 3 heterocycles. The SMILES string of the molecule is CCn1cc(NC(=O)C2CCN(C(=O)c3cccn(Cc4cccc(C)c4)c3=O)CC2)cn1. The second-order valence-electron chi connectivity index (χ2n) is 8.48. The van der Waals surface area contributed by atoms with Gasteiger partial charge in [-0.1, -0.05) is 29.8 Å². The first-order valence-electron chi connectivity index (χ1n) is 11.3. The summed E-state index contributed by atoms with van der Waals surface area (Å²) in [6.45, 7) is 6.03. The van der Waals surface area contributed by atoms with Gasteiger partial charge >= 0.3 is 0 Å². The van der Waals surface area contributed by atoms with E-state index in [1.807, 2.05) is 38.1 Å². The molecule has 2 aromatic heterocycles. The van der Waals surface area contributed by atoms with Crippen LogP contribution in [0.15, 0.2) is 59.8 Å². The standard InChI is InChI=1S/C25H29N5O3/c1-3-30-17-21(15-26-30)27-23(31)20-9-12-28(13-10-20)24(32)22-8-5-11-29(25(22)33)16-19-7-4-6-18(2)14-19/h4-8,11,14-15,17,20H,3,9-10,12-13,16H2,1-2H3,(H,27,31). The summed E-state index contributed by atoms with van der Waals surface area (Å²) in [6, 6.07) is 11.3. The van der Waals surface area contributed by atoms with Gasteiger partial charge in [-0.05, 0) is 44.4 Å². The summed E-state index contributed by atoms with van der Waals surface area (Å²) in [4.78, 5) is 40.3. The van der Waals surface area contributed by atoms with Gasteiger partial charge in [-0.15, -0.1) is 0 Å². The molecule has 0 unspecified atom stereocenters. The van der Waals surface area contributed by atoms with E-state index in [2.05, 4.69) is 10.4 Å². The molecule has 0 saturated carbocycles. The highest BCUT2D eigenvalue weighted by Crippen LogP contribution is 2.20. The Morgan fingerprint density at radius 1 is 1.15 bits per heavy atom. The van der Waals surface area contributed by atoms with Crippen LogP contribution >= 0.6 is 0 Å². The van der Waals surface area contributed by atoms with Crippen LogP contribution < -0.4 is 10.9 Å². The lowest BCUT2D eigenvalue weighted by molar-refractivity contribution is -0.121. The molecule has 1 fully saturated rings. The average molecular weight is 448 g/mol. The molecular formula is C25H29N5O3. The summed E-state index contributed by atoms with van der Waals surface area (Å²) in [5.41, 5.74) is 2.69. The van der Waals surface area contributed by atoms with E-state index in [1.165, 1.54) is 0 Å². The van der Waals surface area contributed by atoms with Crippen LogP contribution in [0.4, 0.5) is 5.69 Å². The maximum atomic E-state index is 13.1. The van der Waals surface area contributed by atoms with Crippen molar-refractivity contribution in [1.29, 1.82) is 0 Å². The maximum absolute atomic E-state index is 13.1. The molecule has 33 heavy (non-hydrogen) atoms. The van der Waals surface area contributed by atoms with Crippen LogP contribution in [0, 0.1) is 12.8 Å². The van der Waals surface area contributed by atoms with Crippen molar-refractivity contribution in [2.24, 2.45) is 5.92 Å². The summed E-state index contributed by atoms with van der Waals surface area (Å²) in [5.74, 6) is -0.507. The lowest BCUT2D eigenvalue weighted by atomic mass is 9.95. The fourth-order valence-corrected chi connectivity index (χ4v) is 4.19. The van der Waals surface area contributed by atoms with E-state index >= 15 is 0 Å². The molecule has 172 valence electrons. The van der Waals surface area contributed by atoms with Gasteiger partial charge in [0.2, 0.25) is 5.91 Å². The third kappa shape index (κ3) is 5.22. The number of hydrogen-bond donors (Lipinski definition) is 1. The number of hydrogen-bond acceptors (Lipinski definition) is 4. The minimum Gasteiger partial charge on any atom is -0.338 e. The van der Waals surface area contributed by atoms with Crippen LogP contribution in [0.2, 0.25) is 0 Å². The largest absolute Gasteiger partial charge is 0.338 e. The van der Waals surface area contributed by atoms with Crippen LogP contribution in [0.25, 0.3) is 0 Å². The van der Waals surface area contributed by atoms with Gasteiger partial charge in [0, 0.05) is 37.9 Å². The van der Waals surface area contributed by atoms with E-state index in [1.54, 1.807) is 44.9 Å². The van der Waals surface area contributed by atoms with Gasteiger partial charge in [0.05, 0.1) is 18.4 Å². The van der Waals surface area contributed by atoms with Crippen molar-refractivity contribution in [3.63, 3.8) is 0 Å². The Morgan fingerprint density at radius 3 is 2.64 bits per heavy atom. The Kier molecular flexibility index (Phi) is 6.72. The molecule has 0 spiro atoms. The highest BCUT2D eigenvalue weighted by molar-refractivity contribution is 5.95. The highest BCUT2D eigenvalue weighted by atomic mass is 16.2. The molecule has 4 rings (SSSR count). The number of aryl methyl sites for hydroxylation is 2. The Bertz CT molecular complexity index is 1200. The van der Waals surface area contributed by atoms with Gasteiger partial charge in [-0.3, -0.25) is 19.1 Å². The minimum absolute atomic E-state index is 0.0574. The highest BCUT2D eigenvalue weighted by Gasteiger charge is 2.29. The molecule has 1 aliphatic heterocycles. The summed E-state index contributed by atoms with van der Waals surface area (Å²) < 4.78 is 3.32. The second kappa shape index (κ2) is 9.85. The Balaban J connectivity index is 1.38. The zero-order chi connectivity index (χ0) is 23.4. The summed E-state index contributed by atoms with van der Waals surface area (Å²) in [7, 11) is 0. The molecule has 1 aromatic carbocycles. The van der Waals surface area contributed by atoms with Gasteiger partial charge in [0.25, 0.3) is 11.5 Å². The fourth-order valence-electron chi connectivity index (χ4n) is 4.19. The van der Waals surface area contributed by atoms with E-state index in [0.717, 1.165) is 17.7 Å². The number of nitrogens with one attached hydrogen (secondary N) is 1. The monoisotopic (exact) mass is 447 g/mol. The molecule has 8 heteroatoms. The number of benzene rings is 1. The van der Waals surface area contributed by atoms with Crippen LogP contribution in [0.5, 0.6) is 0 Å². The minimum atomic E-state index is -0.295. The van der Waals surface area contributed by atoms with Gasteiger partial charge in [0.15, 0.2) is 0 Å². The van der Waals surface area contributed by atoms with Gasteiger partial charge < -0.3 is 14.8 Å². The Labute approximate surface area is 192 Å². The summed E-state index contributed by atoms with van der Waals surface area (Å²) in [5, 5.41) is 7.07. The first kappa shape index (κ1) is 22.5. The molecule has 0 aliphatic carbocycles. The first-order valence-corrected chi connectivity index (χ1v) is 11.3. The lowest BCUT2D eigenvalue weighted by Crippen LogP contribution is -2.43. The summed E-state index contributed by atoms with van der Waals surface area (Å²) >= 11 is 0. The van der Waals surface area contributed by atoms with Crippen LogP contribution in [-0.2, 0) is 17.9 Å². The third-order valence-corrected chi connectivity index (χ3v) is 6.06. The van der Waals surface area contributed by atoms with E-state index in [-0.39, 0.29) is 28.9 Å². The van der Waals surface area contributed by atoms with Crippen molar-refractivity contribution in [2.75, 3.05) is 18.4 Å². The van der Waals surface area contributed by atoms with Crippen LogP contribution in [0.3, 0.4) is 0 Å². The zero-order valence-electron chi connectivity index (χ0n) is 19.0. The zero-order valence-corrected chi connectivity index (χ0v) is 19.0. The van der Waals surface area contributed by atoms with Crippen molar-refractivity contribution in [2.45, 2.75) is 39.8 Å². The fraction of sp³-hybridized carbons (Fsp3) is 0.360. The maximum Gasteiger partial charge on any atom is 0.263 e. The van der Waals surface area contributed by atoms with Crippen molar-refractivity contribution in [3.8, 4) is 0 Å². The molecule has 3 aromatic rings. The molecule has 0 radical (unpaired) electrons. The number of pyridine rings is 1. The summed E-state index contributed by atoms with van der Waals surface area (Å²) in [6.07, 6.45) is 6.26. The van der Waals surface area contributed by atoms with E-state index in [9.17, 15) is 14.4 Å².